The number of fused-ring (bicyclic) bond motifs is 3. The van der Waals surface area contributed by atoms with Gasteiger partial charge in [0, 0.05) is 36.0 Å². The van der Waals surface area contributed by atoms with Crippen LogP contribution < -0.4 is 11.2 Å². The summed E-state index contributed by atoms with van der Waals surface area (Å²) in [7, 11) is 5.71. The lowest BCUT2D eigenvalue weighted by molar-refractivity contribution is 0.384. The molecule has 1 aromatic carbocycles. The number of rotatable bonds is 5. The van der Waals surface area contributed by atoms with Gasteiger partial charge in [-0.15, -0.1) is 0 Å². The summed E-state index contributed by atoms with van der Waals surface area (Å²) in [4.78, 5) is 33.2. The van der Waals surface area contributed by atoms with Crippen LogP contribution in [-0.4, -0.2) is 48.6 Å². The summed E-state index contributed by atoms with van der Waals surface area (Å²) in [5, 5.41) is 0. The van der Waals surface area contributed by atoms with Gasteiger partial charge in [0.05, 0.1) is 6.54 Å². The van der Waals surface area contributed by atoms with Crippen LogP contribution in [0.25, 0.3) is 16.9 Å². The average Bonchev–Trinajstić information content (AvgIpc) is 3.20. The Morgan fingerprint density at radius 3 is 2.33 bits per heavy atom. The SMILES string of the molecule is Cc1c(C)n2c3c(=O)n(Cc4ccc(Br)cc4)c(=O)n(C)c3nc2n1CCN(C)C. The molecule has 3 heterocycles. The highest BCUT2D eigenvalue weighted by Gasteiger charge is 2.22. The molecular weight excluding hydrogens is 448 g/mol. The predicted octanol–water partition coefficient (Wildman–Crippen LogP) is 2.14. The normalized spacial score (nSPS) is 12.0. The number of likely N-dealkylation sites (N-methyl/N-ethyl adjacent to an activating group) is 1. The van der Waals surface area contributed by atoms with E-state index in [-0.39, 0.29) is 17.8 Å². The molecule has 0 aliphatic heterocycles. The Morgan fingerprint density at radius 1 is 1.03 bits per heavy atom. The second-order valence-electron chi connectivity index (χ2n) is 7.90. The van der Waals surface area contributed by atoms with Crippen molar-refractivity contribution in [2.24, 2.45) is 7.05 Å². The average molecular weight is 473 g/mol. The maximum absolute atomic E-state index is 13.4. The van der Waals surface area contributed by atoms with Crippen LogP contribution in [0.4, 0.5) is 0 Å². The van der Waals surface area contributed by atoms with Crippen molar-refractivity contribution < 1.29 is 0 Å². The number of nitrogens with zero attached hydrogens (tertiary/aromatic N) is 6. The number of hydrogen-bond acceptors (Lipinski definition) is 4. The fraction of sp³-hybridized carbons (Fsp3) is 0.381. The Morgan fingerprint density at radius 2 is 1.70 bits per heavy atom. The summed E-state index contributed by atoms with van der Waals surface area (Å²) in [5.41, 5.74) is 3.06. The van der Waals surface area contributed by atoms with E-state index in [0.717, 1.165) is 34.5 Å². The monoisotopic (exact) mass is 472 g/mol. The maximum Gasteiger partial charge on any atom is 0.332 e. The molecule has 0 aliphatic carbocycles. The number of imidazole rings is 2. The highest BCUT2D eigenvalue weighted by molar-refractivity contribution is 9.10. The molecule has 0 radical (unpaired) electrons. The van der Waals surface area contributed by atoms with Crippen molar-refractivity contribution in [3.05, 3.63) is 66.5 Å². The van der Waals surface area contributed by atoms with E-state index in [0.29, 0.717) is 16.9 Å². The molecule has 0 spiro atoms. The second-order valence-corrected chi connectivity index (χ2v) is 8.82. The molecule has 4 rings (SSSR count). The van der Waals surface area contributed by atoms with Gasteiger partial charge in [-0.3, -0.25) is 18.3 Å². The minimum absolute atomic E-state index is 0.210. The van der Waals surface area contributed by atoms with Crippen molar-refractivity contribution in [1.82, 2.24) is 28.0 Å². The highest BCUT2D eigenvalue weighted by atomic mass is 79.9. The third-order valence-corrected chi connectivity index (χ3v) is 6.18. The molecule has 0 atom stereocenters. The van der Waals surface area contributed by atoms with Gasteiger partial charge in [0.15, 0.2) is 11.2 Å². The van der Waals surface area contributed by atoms with Crippen LogP contribution in [0.1, 0.15) is 17.0 Å². The molecule has 0 bridgehead atoms. The summed E-state index contributed by atoms with van der Waals surface area (Å²) in [5.74, 6) is 0.690. The summed E-state index contributed by atoms with van der Waals surface area (Å²) in [6.07, 6.45) is 0. The zero-order valence-corrected chi connectivity index (χ0v) is 19.4. The van der Waals surface area contributed by atoms with Gasteiger partial charge in [-0.05, 0) is 45.6 Å². The third-order valence-electron chi connectivity index (χ3n) is 5.65. The van der Waals surface area contributed by atoms with Gasteiger partial charge in [-0.1, -0.05) is 28.1 Å². The van der Waals surface area contributed by atoms with Crippen LogP contribution in [0.3, 0.4) is 0 Å². The van der Waals surface area contributed by atoms with E-state index in [9.17, 15) is 9.59 Å². The van der Waals surface area contributed by atoms with Crippen LogP contribution in [0.5, 0.6) is 0 Å². The van der Waals surface area contributed by atoms with Crippen LogP contribution in [0.2, 0.25) is 0 Å². The van der Waals surface area contributed by atoms with E-state index in [4.69, 9.17) is 4.98 Å². The van der Waals surface area contributed by atoms with E-state index in [1.807, 2.05) is 56.6 Å². The van der Waals surface area contributed by atoms with Gasteiger partial charge in [0.2, 0.25) is 5.78 Å². The number of hydrogen-bond donors (Lipinski definition) is 0. The van der Waals surface area contributed by atoms with Crippen LogP contribution in [0, 0.1) is 13.8 Å². The largest absolute Gasteiger partial charge is 0.332 e. The zero-order chi connectivity index (χ0) is 21.7. The fourth-order valence-corrected chi connectivity index (χ4v) is 4.06. The lowest BCUT2D eigenvalue weighted by atomic mass is 10.2. The number of benzene rings is 1. The standard InChI is InChI=1S/C21H25BrN6O2/c1-13-14(2)28-17-18(23-20(28)26(13)11-10-24(3)4)25(5)21(30)27(19(17)29)12-15-6-8-16(22)9-7-15/h6-9H,10-12H2,1-5H3. The summed E-state index contributed by atoms with van der Waals surface area (Å²) < 4.78 is 7.70. The van der Waals surface area contributed by atoms with Crippen molar-refractivity contribution in [2.45, 2.75) is 26.9 Å². The van der Waals surface area contributed by atoms with Gasteiger partial charge >= 0.3 is 5.69 Å². The van der Waals surface area contributed by atoms with Gasteiger partial charge < -0.3 is 9.47 Å². The van der Waals surface area contributed by atoms with Crippen molar-refractivity contribution in [3.8, 4) is 0 Å². The molecule has 4 aromatic rings. The predicted molar refractivity (Wildman–Crippen MR) is 121 cm³/mol. The summed E-state index contributed by atoms with van der Waals surface area (Å²) >= 11 is 3.41. The lowest BCUT2D eigenvalue weighted by Crippen LogP contribution is -2.39. The van der Waals surface area contributed by atoms with E-state index >= 15 is 0 Å². The molecule has 0 N–H and O–H groups in total. The van der Waals surface area contributed by atoms with Crippen LogP contribution in [0.15, 0.2) is 38.3 Å². The molecule has 158 valence electrons. The summed E-state index contributed by atoms with van der Waals surface area (Å²) in [6.45, 7) is 5.83. The first-order chi connectivity index (χ1) is 14.2. The van der Waals surface area contributed by atoms with E-state index in [1.165, 1.54) is 9.13 Å². The molecular formula is C21H25BrN6O2. The van der Waals surface area contributed by atoms with E-state index in [1.54, 1.807) is 7.05 Å². The minimum Gasteiger partial charge on any atom is -0.313 e. The Bertz CT molecular complexity index is 1370. The Kier molecular flexibility index (Phi) is 5.19. The van der Waals surface area contributed by atoms with Gasteiger partial charge in [0.25, 0.3) is 5.56 Å². The van der Waals surface area contributed by atoms with Gasteiger partial charge in [-0.25, -0.2) is 4.79 Å². The first-order valence-electron chi connectivity index (χ1n) is 9.77. The Hall–Kier alpha value is -2.65. The quantitative estimate of drug-likeness (QED) is 0.446. The molecule has 0 saturated carbocycles. The second kappa shape index (κ2) is 7.55. The molecule has 0 aliphatic rings. The minimum atomic E-state index is -0.370. The first-order valence-corrected chi connectivity index (χ1v) is 10.6. The zero-order valence-electron chi connectivity index (χ0n) is 17.8. The van der Waals surface area contributed by atoms with Crippen molar-refractivity contribution in [1.29, 1.82) is 0 Å². The third kappa shape index (κ3) is 3.22. The van der Waals surface area contributed by atoms with Crippen LogP contribution in [-0.2, 0) is 20.1 Å². The maximum atomic E-state index is 13.4. The van der Waals surface area contributed by atoms with E-state index < -0.39 is 0 Å². The van der Waals surface area contributed by atoms with Gasteiger partial charge in [-0.2, -0.15) is 4.98 Å². The molecule has 9 heteroatoms. The van der Waals surface area contributed by atoms with Crippen LogP contribution >= 0.6 is 15.9 Å². The topological polar surface area (TPSA) is 69.5 Å². The molecule has 0 saturated heterocycles. The molecule has 0 unspecified atom stereocenters. The lowest BCUT2D eigenvalue weighted by Gasteiger charge is -2.11. The Balaban J connectivity index is 1.97. The smallest absolute Gasteiger partial charge is 0.313 e. The van der Waals surface area contributed by atoms with Crippen molar-refractivity contribution in [2.75, 3.05) is 20.6 Å². The summed E-state index contributed by atoms with van der Waals surface area (Å²) in [6, 6.07) is 7.61. The molecule has 8 nitrogen and oxygen atoms in total. The number of aromatic nitrogens is 5. The number of halogens is 1. The fourth-order valence-electron chi connectivity index (χ4n) is 3.79. The molecule has 30 heavy (non-hydrogen) atoms. The van der Waals surface area contributed by atoms with Crippen molar-refractivity contribution in [3.63, 3.8) is 0 Å². The molecule has 3 aromatic heterocycles. The molecule has 0 fully saturated rings. The van der Waals surface area contributed by atoms with E-state index in [2.05, 4.69) is 25.4 Å². The molecule has 0 amide bonds. The van der Waals surface area contributed by atoms with Crippen molar-refractivity contribution >= 4 is 32.9 Å². The highest BCUT2D eigenvalue weighted by Crippen LogP contribution is 2.20. The van der Waals surface area contributed by atoms with Gasteiger partial charge in [0.1, 0.15) is 0 Å². The Labute approximate surface area is 182 Å². The number of aryl methyl sites for hydroxylation is 2. The first kappa shape index (κ1) is 20.6.